The molecular formula is C17H16BrN5O3. The Bertz CT molecular complexity index is 1120. The van der Waals surface area contributed by atoms with Gasteiger partial charge in [0.2, 0.25) is 0 Å². The first-order valence-electron chi connectivity index (χ1n) is 7.85. The van der Waals surface area contributed by atoms with Gasteiger partial charge in [0, 0.05) is 31.3 Å². The molecule has 134 valence electrons. The van der Waals surface area contributed by atoms with Gasteiger partial charge in [-0.05, 0) is 47.1 Å². The van der Waals surface area contributed by atoms with Crippen LogP contribution in [0, 0.1) is 0 Å². The number of carbonyl (C=O) groups is 1. The average Bonchev–Trinajstić information content (AvgIpc) is 2.66. The first-order valence-corrected chi connectivity index (χ1v) is 8.64. The van der Waals surface area contributed by atoms with E-state index in [0.29, 0.717) is 12.4 Å². The summed E-state index contributed by atoms with van der Waals surface area (Å²) in [6.07, 6.45) is 1.60. The Labute approximate surface area is 156 Å². The molecule has 0 aliphatic heterocycles. The van der Waals surface area contributed by atoms with E-state index in [4.69, 9.17) is 0 Å². The number of aromatic nitrogens is 4. The van der Waals surface area contributed by atoms with E-state index in [1.54, 1.807) is 18.3 Å². The van der Waals surface area contributed by atoms with E-state index in [-0.39, 0.29) is 22.6 Å². The number of anilines is 1. The van der Waals surface area contributed by atoms with Crippen LogP contribution in [-0.4, -0.2) is 31.6 Å². The van der Waals surface area contributed by atoms with Crippen molar-refractivity contribution < 1.29 is 4.79 Å². The van der Waals surface area contributed by atoms with E-state index in [2.05, 4.69) is 25.9 Å². The van der Waals surface area contributed by atoms with Gasteiger partial charge in [0.15, 0.2) is 0 Å². The number of nitrogens with zero attached hydrogens (tertiary/aromatic N) is 5. The summed E-state index contributed by atoms with van der Waals surface area (Å²) < 4.78 is 3.07. The molecule has 0 aromatic carbocycles. The van der Waals surface area contributed by atoms with Crippen LogP contribution in [0.1, 0.15) is 17.4 Å². The topological polar surface area (TPSA) is 90.1 Å². The van der Waals surface area contributed by atoms with Crippen molar-refractivity contribution >= 4 is 38.7 Å². The lowest BCUT2D eigenvalue weighted by molar-refractivity contribution is 0.0983. The van der Waals surface area contributed by atoms with Gasteiger partial charge in [0.1, 0.15) is 17.2 Å². The molecule has 0 atom stereocenters. The number of hydrogen-bond donors (Lipinski definition) is 0. The van der Waals surface area contributed by atoms with Crippen LogP contribution < -0.4 is 16.1 Å². The molecule has 9 heteroatoms. The highest BCUT2D eigenvalue weighted by Crippen LogP contribution is 2.17. The molecular weight excluding hydrogens is 402 g/mol. The minimum Gasteiger partial charge on any atom is -0.292 e. The van der Waals surface area contributed by atoms with E-state index >= 15 is 0 Å². The Kier molecular flexibility index (Phi) is 4.73. The smallest absolute Gasteiger partial charge is 0.292 e. The number of hydrogen-bond acceptors (Lipinski definition) is 5. The predicted molar refractivity (Wildman–Crippen MR) is 102 cm³/mol. The van der Waals surface area contributed by atoms with Crippen molar-refractivity contribution in [3.63, 3.8) is 0 Å². The molecule has 1 amide bonds. The molecule has 0 bridgehead atoms. The lowest BCUT2D eigenvalue weighted by Gasteiger charge is -2.19. The minimum absolute atomic E-state index is 0.132. The lowest BCUT2D eigenvalue weighted by Crippen LogP contribution is -2.38. The third-order valence-electron chi connectivity index (χ3n) is 4.07. The minimum atomic E-state index is -0.499. The van der Waals surface area contributed by atoms with Crippen LogP contribution in [0.2, 0.25) is 0 Å². The van der Waals surface area contributed by atoms with Gasteiger partial charge >= 0.3 is 5.69 Å². The first-order chi connectivity index (χ1) is 12.3. The van der Waals surface area contributed by atoms with Gasteiger partial charge in [-0.25, -0.2) is 14.8 Å². The number of rotatable bonds is 3. The Hall–Kier alpha value is -2.81. The van der Waals surface area contributed by atoms with Crippen molar-refractivity contribution in [1.82, 2.24) is 19.1 Å². The van der Waals surface area contributed by atoms with Gasteiger partial charge in [-0.3, -0.25) is 23.6 Å². The van der Waals surface area contributed by atoms with Crippen molar-refractivity contribution in [3.8, 4) is 0 Å². The van der Waals surface area contributed by atoms with Crippen molar-refractivity contribution in [2.75, 3.05) is 11.4 Å². The zero-order chi connectivity index (χ0) is 19.0. The number of carbonyl (C=O) groups excluding carboxylic acids is 1. The summed E-state index contributed by atoms with van der Waals surface area (Å²) in [4.78, 5) is 47.2. The van der Waals surface area contributed by atoms with Crippen LogP contribution in [0.15, 0.2) is 44.5 Å². The SMILES string of the molecule is CCN(C(=O)c1ccc2c(=O)n(C)c(=O)n(C)c2n1)c1ccc(Br)cn1. The molecule has 0 fully saturated rings. The Balaban J connectivity index is 2.12. The fraction of sp³-hybridized carbons (Fsp3) is 0.235. The number of aryl methyl sites for hydroxylation is 1. The average molecular weight is 418 g/mol. The molecule has 0 aliphatic rings. The zero-order valence-corrected chi connectivity index (χ0v) is 16.0. The summed E-state index contributed by atoms with van der Waals surface area (Å²) in [7, 11) is 2.92. The van der Waals surface area contributed by atoms with E-state index in [9.17, 15) is 14.4 Å². The molecule has 0 N–H and O–H groups in total. The van der Waals surface area contributed by atoms with Gasteiger partial charge < -0.3 is 0 Å². The Morgan fingerprint density at radius 1 is 1.15 bits per heavy atom. The van der Waals surface area contributed by atoms with Gasteiger partial charge in [-0.15, -0.1) is 0 Å². The maximum absolute atomic E-state index is 12.9. The monoisotopic (exact) mass is 417 g/mol. The van der Waals surface area contributed by atoms with Crippen molar-refractivity contribution in [2.45, 2.75) is 6.92 Å². The molecule has 26 heavy (non-hydrogen) atoms. The predicted octanol–water partition coefficient (Wildman–Crippen LogP) is 1.46. The maximum atomic E-state index is 12.9. The summed E-state index contributed by atoms with van der Waals surface area (Å²) in [6, 6.07) is 6.51. The molecule has 0 unspecified atom stereocenters. The molecule has 0 saturated heterocycles. The third kappa shape index (κ3) is 2.94. The quantitative estimate of drug-likeness (QED) is 0.643. The fourth-order valence-corrected chi connectivity index (χ4v) is 2.88. The molecule has 0 aliphatic carbocycles. The number of amides is 1. The molecule has 0 saturated carbocycles. The summed E-state index contributed by atoms with van der Waals surface area (Å²) in [5.74, 6) is 0.123. The van der Waals surface area contributed by atoms with Crippen molar-refractivity contribution in [3.05, 3.63) is 61.5 Å². The van der Waals surface area contributed by atoms with E-state index in [1.807, 2.05) is 6.92 Å². The molecule has 0 spiro atoms. The van der Waals surface area contributed by atoms with Gasteiger partial charge in [0.25, 0.3) is 11.5 Å². The van der Waals surface area contributed by atoms with Crippen LogP contribution >= 0.6 is 15.9 Å². The highest BCUT2D eigenvalue weighted by molar-refractivity contribution is 9.10. The fourth-order valence-electron chi connectivity index (χ4n) is 2.65. The molecule has 3 rings (SSSR count). The molecule has 3 heterocycles. The van der Waals surface area contributed by atoms with Crippen LogP contribution in [-0.2, 0) is 14.1 Å². The molecule has 3 aromatic heterocycles. The van der Waals surface area contributed by atoms with Crippen LogP contribution in [0.25, 0.3) is 11.0 Å². The second-order valence-corrected chi connectivity index (χ2v) is 6.57. The van der Waals surface area contributed by atoms with Crippen LogP contribution in [0.5, 0.6) is 0 Å². The zero-order valence-electron chi connectivity index (χ0n) is 14.4. The highest BCUT2D eigenvalue weighted by atomic mass is 79.9. The van der Waals surface area contributed by atoms with Crippen molar-refractivity contribution in [2.24, 2.45) is 14.1 Å². The maximum Gasteiger partial charge on any atom is 0.332 e. The number of halogens is 1. The van der Waals surface area contributed by atoms with E-state index < -0.39 is 11.2 Å². The Morgan fingerprint density at radius 2 is 1.88 bits per heavy atom. The summed E-state index contributed by atoms with van der Waals surface area (Å²) in [5, 5.41) is 0.274. The Morgan fingerprint density at radius 3 is 2.50 bits per heavy atom. The van der Waals surface area contributed by atoms with Gasteiger partial charge in [-0.2, -0.15) is 0 Å². The summed E-state index contributed by atoms with van der Waals surface area (Å²) in [5.41, 5.74) is -0.644. The summed E-state index contributed by atoms with van der Waals surface area (Å²) in [6.45, 7) is 2.22. The molecule has 8 nitrogen and oxygen atoms in total. The largest absolute Gasteiger partial charge is 0.332 e. The number of pyridine rings is 2. The highest BCUT2D eigenvalue weighted by Gasteiger charge is 2.20. The normalized spacial score (nSPS) is 10.9. The molecule has 3 aromatic rings. The standard InChI is InChI=1S/C17H16BrN5O3/c1-4-23(13-8-5-10(18)9-19-13)16(25)12-7-6-11-14(20-12)21(2)17(26)22(3)15(11)24/h5-9H,4H2,1-3H3. The summed E-state index contributed by atoms with van der Waals surface area (Å²) >= 11 is 3.31. The van der Waals surface area contributed by atoms with E-state index in [1.165, 1.54) is 35.7 Å². The molecule has 0 radical (unpaired) electrons. The first kappa shape index (κ1) is 18.0. The number of fused-ring (bicyclic) bond motifs is 1. The second kappa shape index (κ2) is 6.83. The van der Waals surface area contributed by atoms with E-state index in [0.717, 1.165) is 9.04 Å². The van der Waals surface area contributed by atoms with Crippen molar-refractivity contribution in [1.29, 1.82) is 0 Å². The third-order valence-corrected chi connectivity index (χ3v) is 4.54. The van der Waals surface area contributed by atoms with Crippen LogP contribution in [0.4, 0.5) is 5.82 Å². The second-order valence-electron chi connectivity index (χ2n) is 5.66. The van der Waals surface area contributed by atoms with Gasteiger partial charge in [0.05, 0.1) is 5.39 Å². The lowest BCUT2D eigenvalue weighted by atomic mass is 10.2. The van der Waals surface area contributed by atoms with Gasteiger partial charge in [-0.1, -0.05) is 0 Å². The van der Waals surface area contributed by atoms with Crippen LogP contribution in [0.3, 0.4) is 0 Å².